The van der Waals surface area contributed by atoms with E-state index in [2.05, 4.69) is 10.3 Å². The van der Waals surface area contributed by atoms with E-state index in [1.165, 1.54) is 10.9 Å². The second kappa shape index (κ2) is 4.39. The lowest BCUT2D eigenvalue weighted by Gasteiger charge is -2.20. The van der Waals surface area contributed by atoms with Gasteiger partial charge in [0.25, 0.3) is 0 Å². The van der Waals surface area contributed by atoms with Crippen LogP contribution in [0.2, 0.25) is 0 Å². The summed E-state index contributed by atoms with van der Waals surface area (Å²) in [6, 6.07) is 0. The molecule has 0 radical (unpaired) electrons. The Labute approximate surface area is 87.5 Å². The summed E-state index contributed by atoms with van der Waals surface area (Å²) in [5, 5.41) is 25.7. The van der Waals surface area contributed by atoms with Crippen molar-refractivity contribution in [2.75, 3.05) is 0 Å². The fraction of sp³-hybridized carbons (Fsp3) is 0.667. The van der Waals surface area contributed by atoms with Gasteiger partial charge in [-0.1, -0.05) is 12.1 Å². The molecule has 0 bridgehead atoms. The van der Waals surface area contributed by atoms with Crippen molar-refractivity contribution >= 4 is 5.97 Å². The second-order valence-corrected chi connectivity index (χ2v) is 3.83. The number of aromatic nitrogens is 3. The molecule has 2 N–H and O–H groups in total. The Kier molecular flexibility index (Phi) is 3.41. The number of hydrogen-bond donors (Lipinski definition) is 2. The first-order chi connectivity index (χ1) is 6.93. The number of aliphatic hydroxyl groups is 1. The maximum Gasteiger partial charge on any atom is 0.309 e. The van der Waals surface area contributed by atoms with Crippen molar-refractivity contribution in [1.29, 1.82) is 0 Å². The third-order valence-electron chi connectivity index (χ3n) is 2.18. The second-order valence-electron chi connectivity index (χ2n) is 3.83. The Morgan fingerprint density at radius 3 is 2.87 bits per heavy atom. The molecule has 1 aromatic rings. The number of aliphatic carboxylic acids is 1. The topological polar surface area (TPSA) is 88.2 Å². The van der Waals surface area contributed by atoms with Crippen LogP contribution in [0.25, 0.3) is 0 Å². The maximum atomic E-state index is 10.4. The monoisotopic (exact) mass is 213 g/mol. The summed E-state index contributed by atoms with van der Waals surface area (Å²) in [5.74, 6) is -0.940. The zero-order valence-electron chi connectivity index (χ0n) is 8.84. The predicted octanol–water partition coefficient (Wildman–Crippen LogP) is 0.0662. The van der Waals surface area contributed by atoms with Crippen molar-refractivity contribution in [2.24, 2.45) is 0 Å². The highest BCUT2D eigenvalue weighted by Gasteiger charge is 2.19. The number of carboxylic acid groups (broad SMARTS) is 1. The van der Waals surface area contributed by atoms with Crippen molar-refractivity contribution in [3.63, 3.8) is 0 Å². The van der Waals surface area contributed by atoms with Crippen LogP contribution in [-0.4, -0.2) is 36.8 Å². The first-order valence-corrected chi connectivity index (χ1v) is 4.76. The van der Waals surface area contributed by atoms with E-state index < -0.39 is 11.6 Å². The molecule has 0 fully saturated rings. The molecular formula is C9H15N3O3. The van der Waals surface area contributed by atoms with E-state index >= 15 is 0 Å². The minimum absolute atomic E-state index is 0.145. The smallest absolute Gasteiger partial charge is 0.309 e. The molecule has 1 unspecified atom stereocenters. The summed E-state index contributed by atoms with van der Waals surface area (Å²) >= 11 is 0. The summed E-state index contributed by atoms with van der Waals surface area (Å²) in [5.41, 5.74) is -0.441. The quantitative estimate of drug-likeness (QED) is 0.722. The molecule has 1 rings (SSSR count). The Hall–Kier alpha value is -1.43. The molecule has 0 saturated heterocycles. The third kappa shape index (κ3) is 3.67. The standard InChI is InChI=1S/C9H15N3O3/c1-3-9(2,15)6-12-5-7(10-11-12)4-8(13)14/h5,15H,3-4,6H2,1-2H3,(H,13,14). The maximum absolute atomic E-state index is 10.4. The van der Waals surface area contributed by atoms with Crippen molar-refractivity contribution < 1.29 is 15.0 Å². The average molecular weight is 213 g/mol. The van der Waals surface area contributed by atoms with E-state index in [-0.39, 0.29) is 6.42 Å². The molecule has 1 aromatic heterocycles. The van der Waals surface area contributed by atoms with Crippen LogP contribution >= 0.6 is 0 Å². The molecule has 0 spiro atoms. The molecule has 0 amide bonds. The molecule has 6 heteroatoms. The summed E-state index contributed by atoms with van der Waals surface area (Å²) in [6.07, 6.45) is 1.99. The van der Waals surface area contributed by atoms with Gasteiger partial charge in [0.05, 0.1) is 24.3 Å². The van der Waals surface area contributed by atoms with Crippen LogP contribution in [-0.2, 0) is 17.8 Å². The van der Waals surface area contributed by atoms with Gasteiger partial charge in [-0.3, -0.25) is 4.79 Å². The van der Waals surface area contributed by atoms with Gasteiger partial charge in [0.15, 0.2) is 0 Å². The van der Waals surface area contributed by atoms with Crippen molar-refractivity contribution in [3.8, 4) is 0 Å². The summed E-state index contributed by atoms with van der Waals surface area (Å²) < 4.78 is 1.46. The van der Waals surface area contributed by atoms with E-state index in [4.69, 9.17) is 5.11 Å². The molecule has 15 heavy (non-hydrogen) atoms. The highest BCUT2D eigenvalue weighted by atomic mass is 16.4. The van der Waals surface area contributed by atoms with Crippen molar-refractivity contribution in [1.82, 2.24) is 15.0 Å². The molecular weight excluding hydrogens is 198 g/mol. The van der Waals surface area contributed by atoms with Crippen LogP contribution in [0.5, 0.6) is 0 Å². The SMILES string of the molecule is CCC(C)(O)Cn1cc(CC(=O)O)nn1. The fourth-order valence-electron chi connectivity index (χ4n) is 1.11. The average Bonchev–Trinajstić information content (AvgIpc) is 2.50. The lowest BCUT2D eigenvalue weighted by molar-refractivity contribution is -0.136. The normalized spacial score (nSPS) is 14.9. The molecule has 1 heterocycles. The zero-order chi connectivity index (χ0) is 11.5. The van der Waals surface area contributed by atoms with Crippen molar-refractivity contribution in [2.45, 2.75) is 38.8 Å². The van der Waals surface area contributed by atoms with Gasteiger partial charge in [-0.05, 0) is 13.3 Å². The summed E-state index contributed by atoms with van der Waals surface area (Å²) in [6.45, 7) is 3.89. The molecule has 0 saturated carbocycles. The third-order valence-corrected chi connectivity index (χ3v) is 2.18. The van der Waals surface area contributed by atoms with Gasteiger partial charge >= 0.3 is 5.97 Å². The lowest BCUT2D eigenvalue weighted by atomic mass is 10.0. The fourth-order valence-corrected chi connectivity index (χ4v) is 1.11. The van der Waals surface area contributed by atoms with E-state index in [0.717, 1.165) is 0 Å². The van der Waals surface area contributed by atoms with Gasteiger partial charge in [-0.15, -0.1) is 5.10 Å². The van der Waals surface area contributed by atoms with E-state index in [9.17, 15) is 9.90 Å². The minimum Gasteiger partial charge on any atom is -0.481 e. The number of carboxylic acids is 1. The Morgan fingerprint density at radius 1 is 1.67 bits per heavy atom. The van der Waals surface area contributed by atoms with Crippen LogP contribution in [0.4, 0.5) is 0 Å². The van der Waals surface area contributed by atoms with Crippen LogP contribution in [0.15, 0.2) is 6.20 Å². The van der Waals surface area contributed by atoms with Gasteiger partial charge in [0.1, 0.15) is 0 Å². The highest BCUT2D eigenvalue weighted by molar-refractivity contribution is 5.69. The Balaban J connectivity index is 2.64. The first kappa shape index (κ1) is 11.6. The van der Waals surface area contributed by atoms with Gasteiger partial charge < -0.3 is 10.2 Å². The molecule has 0 aromatic carbocycles. The molecule has 6 nitrogen and oxygen atoms in total. The molecule has 1 atom stereocenters. The van der Waals surface area contributed by atoms with Crippen LogP contribution in [0.1, 0.15) is 26.0 Å². The van der Waals surface area contributed by atoms with Crippen LogP contribution in [0.3, 0.4) is 0 Å². The van der Waals surface area contributed by atoms with Gasteiger partial charge in [-0.25, -0.2) is 4.68 Å². The van der Waals surface area contributed by atoms with E-state index in [0.29, 0.717) is 18.7 Å². The van der Waals surface area contributed by atoms with Gasteiger partial charge in [-0.2, -0.15) is 0 Å². The van der Waals surface area contributed by atoms with Crippen LogP contribution < -0.4 is 0 Å². The van der Waals surface area contributed by atoms with Gasteiger partial charge in [0.2, 0.25) is 0 Å². The number of nitrogens with zero attached hydrogens (tertiary/aromatic N) is 3. The van der Waals surface area contributed by atoms with E-state index in [1.807, 2.05) is 6.92 Å². The summed E-state index contributed by atoms with van der Waals surface area (Å²) in [7, 11) is 0. The van der Waals surface area contributed by atoms with Crippen LogP contribution in [0, 0.1) is 0 Å². The minimum atomic E-state index is -0.940. The lowest BCUT2D eigenvalue weighted by Crippen LogP contribution is -2.29. The number of hydrogen-bond acceptors (Lipinski definition) is 4. The predicted molar refractivity (Wildman–Crippen MR) is 52.3 cm³/mol. The van der Waals surface area contributed by atoms with Crippen molar-refractivity contribution in [3.05, 3.63) is 11.9 Å². The van der Waals surface area contributed by atoms with Gasteiger partial charge in [0, 0.05) is 6.20 Å². The summed E-state index contributed by atoms with van der Waals surface area (Å²) in [4.78, 5) is 10.4. The zero-order valence-corrected chi connectivity index (χ0v) is 8.84. The first-order valence-electron chi connectivity index (χ1n) is 4.76. The Bertz CT molecular complexity index is 346. The molecule has 0 aliphatic carbocycles. The number of rotatable bonds is 5. The molecule has 0 aliphatic heterocycles. The Morgan fingerprint density at radius 2 is 2.33 bits per heavy atom. The molecule has 84 valence electrons. The molecule has 0 aliphatic rings. The number of carbonyl (C=O) groups is 1. The van der Waals surface area contributed by atoms with E-state index in [1.54, 1.807) is 6.92 Å². The largest absolute Gasteiger partial charge is 0.481 e. The highest BCUT2D eigenvalue weighted by Crippen LogP contribution is 2.11.